The van der Waals surface area contributed by atoms with Crippen LogP contribution >= 0.6 is 0 Å². The summed E-state index contributed by atoms with van der Waals surface area (Å²) in [6.07, 6.45) is 3.04. The van der Waals surface area contributed by atoms with Crippen LogP contribution in [0, 0.1) is 0 Å². The minimum absolute atomic E-state index is 0.115. The summed E-state index contributed by atoms with van der Waals surface area (Å²) in [7, 11) is 0. The molecule has 0 saturated heterocycles. The summed E-state index contributed by atoms with van der Waals surface area (Å²) < 4.78 is 0. The summed E-state index contributed by atoms with van der Waals surface area (Å²) >= 11 is 0. The van der Waals surface area contributed by atoms with E-state index in [9.17, 15) is 5.11 Å². The minimum atomic E-state index is -0.151. The highest BCUT2D eigenvalue weighted by Gasteiger charge is 2.27. The van der Waals surface area contributed by atoms with Crippen LogP contribution in [0.15, 0.2) is 30.3 Å². The van der Waals surface area contributed by atoms with Gasteiger partial charge in [0.2, 0.25) is 0 Å². The van der Waals surface area contributed by atoms with Crippen LogP contribution in [0.2, 0.25) is 0 Å². The average molecular weight is 233 g/mol. The van der Waals surface area contributed by atoms with Crippen molar-refractivity contribution in [1.82, 2.24) is 5.32 Å². The van der Waals surface area contributed by atoms with Gasteiger partial charge in [0.1, 0.15) is 0 Å². The second-order valence-electron chi connectivity index (χ2n) is 5.74. The maximum atomic E-state index is 9.79. The second-order valence-corrected chi connectivity index (χ2v) is 5.74. The second kappa shape index (κ2) is 5.19. The first-order chi connectivity index (χ1) is 8.09. The molecule has 1 saturated carbocycles. The predicted octanol–water partition coefficient (Wildman–Crippen LogP) is 2.47. The summed E-state index contributed by atoms with van der Waals surface area (Å²) in [4.78, 5) is 0. The van der Waals surface area contributed by atoms with Gasteiger partial charge in [-0.15, -0.1) is 0 Å². The van der Waals surface area contributed by atoms with Crippen LogP contribution in [-0.2, 0) is 5.41 Å². The number of benzene rings is 1. The van der Waals surface area contributed by atoms with E-state index in [4.69, 9.17) is 0 Å². The number of nitrogens with one attached hydrogen (secondary N) is 1. The Morgan fingerprint density at radius 1 is 1.24 bits per heavy atom. The first kappa shape index (κ1) is 12.6. The largest absolute Gasteiger partial charge is 0.392 e. The summed E-state index contributed by atoms with van der Waals surface area (Å²) in [6.45, 7) is 5.41. The molecule has 2 atom stereocenters. The molecular weight excluding hydrogens is 210 g/mol. The van der Waals surface area contributed by atoms with Gasteiger partial charge in [0, 0.05) is 18.0 Å². The topological polar surface area (TPSA) is 32.3 Å². The smallest absolute Gasteiger partial charge is 0.0693 e. The number of aliphatic hydroxyl groups is 1. The fraction of sp³-hybridized carbons (Fsp3) is 0.600. The standard InChI is InChI=1S/C15H23NO/c1-15(2,12-7-4-3-5-8-12)11-16-13-9-6-10-14(13)17/h3-5,7-8,13-14,16-17H,6,9-11H2,1-2H3/t13-,14-/m1/s1. The van der Waals surface area contributed by atoms with E-state index in [-0.39, 0.29) is 17.6 Å². The zero-order chi connectivity index (χ0) is 12.3. The predicted molar refractivity (Wildman–Crippen MR) is 71.1 cm³/mol. The molecule has 2 N–H and O–H groups in total. The Labute approximate surface area is 104 Å². The van der Waals surface area contributed by atoms with E-state index in [1.54, 1.807) is 0 Å². The zero-order valence-corrected chi connectivity index (χ0v) is 10.8. The summed E-state index contributed by atoms with van der Waals surface area (Å²) in [5.74, 6) is 0. The normalized spacial score (nSPS) is 25.1. The molecule has 1 aliphatic rings. The number of hydrogen-bond acceptors (Lipinski definition) is 2. The summed E-state index contributed by atoms with van der Waals surface area (Å²) in [5, 5.41) is 13.3. The van der Waals surface area contributed by atoms with Crippen molar-refractivity contribution >= 4 is 0 Å². The van der Waals surface area contributed by atoms with Gasteiger partial charge in [-0.2, -0.15) is 0 Å². The first-order valence-electron chi connectivity index (χ1n) is 6.56. The maximum Gasteiger partial charge on any atom is 0.0693 e. The van der Waals surface area contributed by atoms with Gasteiger partial charge >= 0.3 is 0 Å². The molecule has 1 aliphatic carbocycles. The van der Waals surface area contributed by atoms with Crippen molar-refractivity contribution in [3.8, 4) is 0 Å². The Kier molecular flexibility index (Phi) is 3.85. The third kappa shape index (κ3) is 3.08. The first-order valence-corrected chi connectivity index (χ1v) is 6.56. The highest BCUT2D eigenvalue weighted by atomic mass is 16.3. The minimum Gasteiger partial charge on any atom is -0.392 e. The molecule has 0 aliphatic heterocycles. The average Bonchev–Trinajstić information content (AvgIpc) is 2.74. The third-order valence-electron chi connectivity index (χ3n) is 3.84. The Morgan fingerprint density at radius 3 is 2.53 bits per heavy atom. The van der Waals surface area contributed by atoms with Gasteiger partial charge in [-0.05, 0) is 24.8 Å². The van der Waals surface area contributed by atoms with Crippen molar-refractivity contribution in [2.24, 2.45) is 0 Å². The molecule has 0 radical (unpaired) electrons. The molecule has 17 heavy (non-hydrogen) atoms. The van der Waals surface area contributed by atoms with Crippen molar-refractivity contribution in [2.45, 2.75) is 50.7 Å². The van der Waals surface area contributed by atoms with Crippen LogP contribution in [-0.4, -0.2) is 23.8 Å². The Balaban J connectivity index is 1.93. The van der Waals surface area contributed by atoms with E-state index in [2.05, 4.69) is 43.4 Å². The van der Waals surface area contributed by atoms with Crippen LogP contribution in [0.25, 0.3) is 0 Å². The van der Waals surface area contributed by atoms with Crippen molar-refractivity contribution in [1.29, 1.82) is 0 Å². The van der Waals surface area contributed by atoms with E-state index in [0.29, 0.717) is 0 Å². The Bertz CT molecular complexity index is 347. The quantitative estimate of drug-likeness (QED) is 0.837. The van der Waals surface area contributed by atoms with Gasteiger partial charge < -0.3 is 10.4 Å². The fourth-order valence-corrected chi connectivity index (χ4v) is 2.56. The lowest BCUT2D eigenvalue weighted by Crippen LogP contribution is -2.42. The van der Waals surface area contributed by atoms with E-state index >= 15 is 0 Å². The molecular formula is C15H23NO. The molecule has 94 valence electrons. The molecule has 0 amide bonds. The fourth-order valence-electron chi connectivity index (χ4n) is 2.56. The summed E-state index contributed by atoms with van der Waals surface area (Å²) in [6, 6.07) is 10.9. The van der Waals surface area contributed by atoms with Crippen molar-refractivity contribution in [3.05, 3.63) is 35.9 Å². The van der Waals surface area contributed by atoms with Crippen LogP contribution in [0.4, 0.5) is 0 Å². The van der Waals surface area contributed by atoms with Gasteiger partial charge in [0.15, 0.2) is 0 Å². The highest BCUT2D eigenvalue weighted by Crippen LogP contribution is 2.24. The van der Waals surface area contributed by atoms with Crippen LogP contribution in [0.5, 0.6) is 0 Å². The summed E-state index contributed by atoms with van der Waals surface area (Å²) in [5.41, 5.74) is 1.46. The van der Waals surface area contributed by atoms with Crippen molar-refractivity contribution in [3.63, 3.8) is 0 Å². The van der Waals surface area contributed by atoms with Gasteiger partial charge in [-0.1, -0.05) is 44.2 Å². The highest BCUT2D eigenvalue weighted by molar-refractivity contribution is 5.23. The van der Waals surface area contributed by atoms with Gasteiger partial charge in [0.25, 0.3) is 0 Å². The van der Waals surface area contributed by atoms with E-state index in [1.165, 1.54) is 5.56 Å². The lowest BCUT2D eigenvalue weighted by atomic mass is 9.84. The maximum absolute atomic E-state index is 9.79. The molecule has 0 aromatic heterocycles. The lowest BCUT2D eigenvalue weighted by Gasteiger charge is -2.28. The molecule has 1 fully saturated rings. The number of hydrogen-bond donors (Lipinski definition) is 2. The molecule has 1 aromatic carbocycles. The van der Waals surface area contributed by atoms with Gasteiger partial charge in [-0.3, -0.25) is 0 Å². The molecule has 0 heterocycles. The molecule has 1 aromatic rings. The van der Waals surface area contributed by atoms with Crippen LogP contribution < -0.4 is 5.32 Å². The van der Waals surface area contributed by atoms with Gasteiger partial charge in [-0.25, -0.2) is 0 Å². The zero-order valence-electron chi connectivity index (χ0n) is 10.8. The number of aliphatic hydroxyl groups excluding tert-OH is 1. The third-order valence-corrected chi connectivity index (χ3v) is 3.84. The lowest BCUT2D eigenvalue weighted by molar-refractivity contribution is 0.146. The molecule has 2 rings (SSSR count). The molecule has 2 heteroatoms. The molecule has 2 nitrogen and oxygen atoms in total. The monoisotopic (exact) mass is 233 g/mol. The van der Waals surface area contributed by atoms with Crippen LogP contribution in [0.3, 0.4) is 0 Å². The Morgan fingerprint density at radius 2 is 1.94 bits per heavy atom. The van der Waals surface area contributed by atoms with Crippen LogP contribution in [0.1, 0.15) is 38.7 Å². The van der Waals surface area contributed by atoms with Crippen molar-refractivity contribution < 1.29 is 5.11 Å². The number of rotatable bonds is 4. The van der Waals surface area contributed by atoms with E-state index in [1.807, 2.05) is 6.07 Å². The van der Waals surface area contributed by atoms with Crippen molar-refractivity contribution in [2.75, 3.05) is 6.54 Å². The molecule has 0 unspecified atom stereocenters. The van der Waals surface area contributed by atoms with E-state index in [0.717, 1.165) is 25.8 Å². The molecule has 0 spiro atoms. The van der Waals surface area contributed by atoms with Gasteiger partial charge in [0.05, 0.1) is 6.10 Å². The Hall–Kier alpha value is -0.860. The SMILES string of the molecule is CC(C)(CN[C@@H]1CCC[C@H]1O)c1ccccc1. The van der Waals surface area contributed by atoms with E-state index < -0.39 is 0 Å². The molecule has 0 bridgehead atoms.